The topological polar surface area (TPSA) is 91.8 Å². The first-order chi connectivity index (χ1) is 9.05. The van der Waals surface area contributed by atoms with Crippen LogP contribution in [0.2, 0.25) is 0 Å². The summed E-state index contributed by atoms with van der Waals surface area (Å²) in [6, 6.07) is 2.90. The third-order valence-corrected chi connectivity index (χ3v) is 3.50. The van der Waals surface area contributed by atoms with Gasteiger partial charge in [0.05, 0.1) is 19.1 Å². The third kappa shape index (κ3) is 2.65. The van der Waals surface area contributed by atoms with Gasteiger partial charge in [0.2, 0.25) is 5.88 Å². The van der Waals surface area contributed by atoms with Crippen molar-refractivity contribution >= 4 is 11.3 Å². The molecule has 1 heterocycles. The van der Waals surface area contributed by atoms with Gasteiger partial charge < -0.3 is 19.7 Å². The highest BCUT2D eigenvalue weighted by Gasteiger charge is 2.16. The van der Waals surface area contributed by atoms with Gasteiger partial charge in [-0.1, -0.05) is 11.3 Å². The average molecular weight is 283 g/mol. The number of aromatic amines is 1. The number of benzene rings is 1. The lowest BCUT2D eigenvalue weighted by Gasteiger charge is -2.13. The number of hydrogen-bond donors (Lipinski definition) is 3. The summed E-state index contributed by atoms with van der Waals surface area (Å²) in [6.07, 6.45) is 0.266. The van der Waals surface area contributed by atoms with Gasteiger partial charge in [0.15, 0.2) is 0 Å². The maximum Gasteiger partial charge on any atom is 0.307 e. The number of hydrogen-bond acceptors (Lipinski definition) is 6. The first-order valence-corrected chi connectivity index (χ1v) is 6.21. The maximum absolute atomic E-state index is 11.2. The molecule has 0 spiro atoms. The van der Waals surface area contributed by atoms with Crippen LogP contribution in [-0.4, -0.2) is 29.4 Å². The van der Waals surface area contributed by atoms with Crippen molar-refractivity contribution in [3.63, 3.8) is 0 Å². The predicted molar refractivity (Wildman–Crippen MR) is 70.6 cm³/mol. The number of thiazole rings is 1. The highest BCUT2D eigenvalue weighted by Crippen LogP contribution is 2.36. The van der Waals surface area contributed by atoms with E-state index in [1.54, 1.807) is 0 Å². The molecule has 0 radical (unpaired) electrons. The van der Waals surface area contributed by atoms with E-state index < -0.39 is 0 Å². The van der Waals surface area contributed by atoms with Crippen LogP contribution in [0, 0.1) is 0 Å². The van der Waals surface area contributed by atoms with Crippen molar-refractivity contribution in [1.29, 1.82) is 0 Å². The minimum absolute atomic E-state index is 0.0175. The molecular formula is C12H13NO5S. The number of rotatable bonds is 4. The van der Waals surface area contributed by atoms with Gasteiger partial charge in [-0.15, -0.1) is 0 Å². The first kappa shape index (κ1) is 13.3. The van der Waals surface area contributed by atoms with Crippen LogP contribution in [0.5, 0.6) is 23.1 Å². The Kier molecular flexibility index (Phi) is 3.66. The molecule has 6 nitrogen and oxygen atoms in total. The van der Waals surface area contributed by atoms with Crippen molar-refractivity contribution < 1.29 is 19.7 Å². The molecule has 2 rings (SSSR count). The van der Waals surface area contributed by atoms with Crippen molar-refractivity contribution in [3.05, 3.63) is 32.2 Å². The summed E-state index contributed by atoms with van der Waals surface area (Å²) in [5.74, 6) is 0.713. The van der Waals surface area contributed by atoms with E-state index in [4.69, 9.17) is 9.47 Å². The molecule has 0 aliphatic rings. The number of nitrogens with one attached hydrogen (secondary N) is 1. The summed E-state index contributed by atoms with van der Waals surface area (Å²) < 4.78 is 10.4. The molecule has 0 saturated heterocycles. The molecule has 0 fully saturated rings. The standard InChI is InChI=1S/C12H13NO5S/c1-17-8-3-6(14)4-9(18-2)7(8)5-10-11(15)13-12(16)19-10/h3-4,14-15H,5H2,1-2H3,(H,13,16). The number of ether oxygens (including phenoxy) is 2. The fraction of sp³-hybridized carbons (Fsp3) is 0.250. The van der Waals surface area contributed by atoms with E-state index in [9.17, 15) is 15.0 Å². The van der Waals surface area contributed by atoms with Gasteiger partial charge in [0, 0.05) is 24.1 Å². The second-order valence-corrected chi connectivity index (χ2v) is 4.86. The molecule has 0 unspecified atom stereocenters. The molecule has 0 aliphatic heterocycles. The van der Waals surface area contributed by atoms with Crippen LogP contribution in [0.1, 0.15) is 10.4 Å². The van der Waals surface area contributed by atoms with E-state index in [1.165, 1.54) is 26.4 Å². The molecular weight excluding hydrogens is 270 g/mol. The summed E-state index contributed by atoms with van der Waals surface area (Å²) >= 11 is 0.917. The lowest BCUT2D eigenvalue weighted by Crippen LogP contribution is -1.97. The number of aromatic hydroxyl groups is 2. The predicted octanol–water partition coefficient (Wildman–Crippen LogP) is 1.46. The van der Waals surface area contributed by atoms with Gasteiger partial charge >= 0.3 is 4.87 Å². The Morgan fingerprint density at radius 1 is 1.21 bits per heavy atom. The summed E-state index contributed by atoms with van der Waals surface area (Å²) in [5, 5.41) is 19.1. The van der Waals surface area contributed by atoms with Gasteiger partial charge in [-0.3, -0.25) is 9.78 Å². The van der Waals surface area contributed by atoms with Crippen LogP contribution < -0.4 is 14.3 Å². The minimum Gasteiger partial charge on any atom is -0.508 e. The monoisotopic (exact) mass is 283 g/mol. The molecule has 0 atom stereocenters. The lowest BCUT2D eigenvalue weighted by molar-refractivity contribution is 0.377. The van der Waals surface area contributed by atoms with E-state index in [0.29, 0.717) is 21.9 Å². The Bertz CT molecular complexity index is 621. The van der Waals surface area contributed by atoms with E-state index >= 15 is 0 Å². The van der Waals surface area contributed by atoms with Gasteiger partial charge in [0.1, 0.15) is 17.2 Å². The molecule has 0 bridgehead atoms. The molecule has 3 N–H and O–H groups in total. The second-order valence-electron chi connectivity index (χ2n) is 3.79. The smallest absolute Gasteiger partial charge is 0.307 e. The molecule has 2 aromatic rings. The molecule has 7 heteroatoms. The van der Waals surface area contributed by atoms with Crippen LogP contribution >= 0.6 is 11.3 Å². The van der Waals surface area contributed by atoms with E-state index in [-0.39, 0.29) is 22.9 Å². The van der Waals surface area contributed by atoms with Crippen molar-refractivity contribution in [2.45, 2.75) is 6.42 Å². The molecule has 0 aliphatic carbocycles. The van der Waals surface area contributed by atoms with Crippen molar-refractivity contribution in [2.24, 2.45) is 0 Å². The Hall–Kier alpha value is -2.15. The van der Waals surface area contributed by atoms with Crippen LogP contribution in [0.3, 0.4) is 0 Å². The zero-order chi connectivity index (χ0) is 14.0. The van der Waals surface area contributed by atoms with E-state index in [1.807, 2.05) is 0 Å². The molecule has 102 valence electrons. The fourth-order valence-electron chi connectivity index (χ4n) is 1.78. The second kappa shape index (κ2) is 5.23. The summed E-state index contributed by atoms with van der Waals surface area (Å²) in [7, 11) is 2.94. The zero-order valence-corrected chi connectivity index (χ0v) is 11.2. The highest BCUT2D eigenvalue weighted by atomic mass is 32.1. The average Bonchev–Trinajstić information content (AvgIpc) is 2.69. The summed E-state index contributed by atoms with van der Waals surface area (Å²) in [6.45, 7) is 0. The molecule has 0 amide bonds. The van der Waals surface area contributed by atoms with Gasteiger partial charge in [0.25, 0.3) is 0 Å². The van der Waals surface area contributed by atoms with Crippen molar-refractivity contribution in [1.82, 2.24) is 4.98 Å². The highest BCUT2D eigenvalue weighted by molar-refractivity contribution is 7.09. The lowest BCUT2D eigenvalue weighted by atomic mass is 10.1. The molecule has 1 aromatic heterocycles. The van der Waals surface area contributed by atoms with Crippen molar-refractivity contribution in [2.75, 3.05) is 14.2 Å². The maximum atomic E-state index is 11.2. The Morgan fingerprint density at radius 2 is 1.79 bits per heavy atom. The minimum atomic E-state index is -0.329. The van der Waals surface area contributed by atoms with Gasteiger partial charge in [-0.2, -0.15) is 0 Å². The van der Waals surface area contributed by atoms with Crippen LogP contribution in [-0.2, 0) is 6.42 Å². The van der Waals surface area contributed by atoms with Crippen LogP contribution in [0.25, 0.3) is 0 Å². The molecule has 1 aromatic carbocycles. The molecule has 0 saturated carbocycles. The Balaban J connectivity index is 2.49. The van der Waals surface area contributed by atoms with Gasteiger partial charge in [-0.25, -0.2) is 0 Å². The van der Waals surface area contributed by atoms with Crippen LogP contribution in [0.15, 0.2) is 16.9 Å². The van der Waals surface area contributed by atoms with Crippen molar-refractivity contribution in [3.8, 4) is 23.1 Å². The number of H-pyrrole nitrogens is 1. The SMILES string of the molecule is COc1cc(O)cc(OC)c1Cc1sc(=O)[nH]c1O. The fourth-order valence-corrected chi connectivity index (χ4v) is 2.51. The normalized spacial score (nSPS) is 10.4. The van der Waals surface area contributed by atoms with Crippen LogP contribution in [0.4, 0.5) is 0 Å². The van der Waals surface area contributed by atoms with E-state index in [0.717, 1.165) is 11.3 Å². The Labute approximate surface area is 112 Å². The summed E-state index contributed by atoms with van der Waals surface area (Å²) in [5.41, 5.74) is 0.647. The quantitative estimate of drug-likeness (QED) is 0.790. The Morgan fingerprint density at radius 3 is 2.21 bits per heavy atom. The zero-order valence-electron chi connectivity index (χ0n) is 10.4. The largest absolute Gasteiger partial charge is 0.508 e. The van der Waals surface area contributed by atoms with E-state index in [2.05, 4.69) is 4.98 Å². The number of aromatic nitrogens is 1. The third-order valence-electron chi connectivity index (χ3n) is 2.63. The first-order valence-electron chi connectivity index (χ1n) is 5.40. The van der Waals surface area contributed by atoms with Gasteiger partial charge in [-0.05, 0) is 0 Å². The summed E-state index contributed by atoms with van der Waals surface area (Å²) in [4.78, 5) is 13.6. The number of phenolic OH excluding ortho intramolecular Hbond substituents is 1. The number of phenols is 1. The number of methoxy groups -OCH3 is 2. The molecule has 19 heavy (non-hydrogen) atoms.